The van der Waals surface area contributed by atoms with E-state index in [0.29, 0.717) is 22.7 Å². The fourth-order valence-corrected chi connectivity index (χ4v) is 1.64. The Morgan fingerprint density at radius 3 is 1.31 bits per heavy atom. The van der Waals surface area contributed by atoms with Gasteiger partial charge in [0.15, 0.2) is 0 Å². The van der Waals surface area contributed by atoms with Crippen LogP contribution in [0.25, 0.3) is 11.1 Å². The molecule has 0 bridgehead atoms. The molecule has 0 spiro atoms. The van der Waals surface area contributed by atoms with Gasteiger partial charge in [-0.15, -0.1) is 0 Å². The summed E-state index contributed by atoms with van der Waals surface area (Å²) in [6, 6.07) is 10.9. The van der Waals surface area contributed by atoms with Crippen LogP contribution >= 0.6 is 0 Å². The van der Waals surface area contributed by atoms with Crippen molar-refractivity contribution in [3.8, 4) is 11.1 Å². The Morgan fingerprint density at radius 1 is 0.562 bits per heavy atom. The lowest BCUT2D eigenvalue weighted by Crippen LogP contribution is -2.00. The minimum absolute atomic E-state index is 0.528. The van der Waals surface area contributed by atoms with Gasteiger partial charge in [-0.05, 0) is 12.1 Å². The summed E-state index contributed by atoms with van der Waals surface area (Å²) in [4.78, 5) is 0. The monoisotopic (exact) mass is 214 g/mol. The molecule has 0 heterocycles. The molecule has 0 amide bonds. The predicted molar refractivity (Wildman–Crippen MR) is 69.5 cm³/mol. The second-order valence-electron chi connectivity index (χ2n) is 3.62. The first-order valence-corrected chi connectivity index (χ1v) is 4.89. The zero-order valence-corrected chi connectivity index (χ0v) is 8.77. The van der Waals surface area contributed by atoms with E-state index in [-0.39, 0.29) is 0 Å². The third-order valence-electron chi connectivity index (χ3n) is 2.57. The van der Waals surface area contributed by atoms with Crippen molar-refractivity contribution in [3.63, 3.8) is 0 Å². The Hall–Kier alpha value is -2.36. The molecule has 0 aliphatic rings. The van der Waals surface area contributed by atoms with Gasteiger partial charge in [-0.3, -0.25) is 0 Å². The molecule has 0 saturated heterocycles. The fourth-order valence-electron chi connectivity index (χ4n) is 1.64. The van der Waals surface area contributed by atoms with E-state index in [1.165, 1.54) is 0 Å². The molecule has 0 aromatic heterocycles. The average Bonchev–Trinajstić information content (AvgIpc) is 2.27. The van der Waals surface area contributed by atoms with Crippen LogP contribution < -0.4 is 22.9 Å². The van der Waals surface area contributed by atoms with Crippen molar-refractivity contribution in [2.24, 2.45) is 0 Å². The summed E-state index contributed by atoms with van der Waals surface area (Å²) in [7, 11) is 0. The van der Waals surface area contributed by atoms with Crippen LogP contribution in [0.15, 0.2) is 36.4 Å². The first-order chi connectivity index (χ1) is 7.61. The van der Waals surface area contributed by atoms with Crippen molar-refractivity contribution < 1.29 is 0 Å². The maximum Gasteiger partial charge on any atom is 0.0628 e. The number of anilines is 4. The van der Waals surface area contributed by atoms with E-state index in [1.54, 1.807) is 12.1 Å². The van der Waals surface area contributed by atoms with E-state index in [2.05, 4.69) is 0 Å². The normalized spacial score (nSPS) is 10.2. The van der Waals surface area contributed by atoms with Gasteiger partial charge in [-0.2, -0.15) is 0 Å². The van der Waals surface area contributed by atoms with Crippen LogP contribution in [0.1, 0.15) is 0 Å². The van der Waals surface area contributed by atoms with Crippen LogP contribution in [0, 0.1) is 0 Å². The van der Waals surface area contributed by atoms with E-state index >= 15 is 0 Å². The van der Waals surface area contributed by atoms with Gasteiger partial charge in [0.1, 0.15) is 0 Å². The van der Waals surface area contributed by atoms with Crippen molar-refractivity contribution in [1.82, 2.24) is 0 Å². The molecular weight excluding hydrogens is 200 g/mol. The number of hydrogen-bond donors (Lipinski definition) is 4. The Balaban J connectivity index is 2.68. The molecule has 4 nitrogen and oxygen atoms in total. The van der Waals surface area contributed by atoms with E-state index in [0.717, 1.165) is 11.1 Å². The fraction of sp³-hybridized carbons (Fsp3) is 0. The van der Waals surface area contributed by atoms with E-state index in [1.807, 2.05) is 24.3 Å². The number of nitrogens with two attached hydrogens (primary N) is 4. The largest absolute Gasteiger partial charge is 0.397 e. The Kier molecular flexibility index (Phi) is 2.32. The minimum Gasteiger partial charge on any atom is -0.397 e. The van der Waals surface area contributed by atoms with E-state index in [4.69, 9.17) is 22.9 Å². The maximum absolute atomic E-state index is 5.91. The van der Waals surface area contributed by atoms with Crippen LogP contribution in [-0.2, 0) is 0 Å². The molecular formula is C12H14N4. The summed E-state index contributed by atoms with van der Waals surface area (Å²) in [6.45, 7) is 0. The summed E-state index contributed by atoms with van der Waals surface area (Å²) in [5.41, 5.74) is 27.1. The van der Waals surface area contributed by atoms with Gasteiger partial charge in [0.05, 0.1) is 22.7 Å². The lowest BCUT2D eigenvalue weighted by molar-refractivity contribution is 1.59. The quantitative estimate of drug-likeness (QED) is 0.542. The van der Waals surface area contributed by atoms with Gasteiger partial charge in [0.2, 0.25) is 0 Å². The van der Waals surface area contributed by atoms with Crippen LogP contribution in [0.3, 0.4) is 0 Å². The van der Waals surface area contributed by atoms with E-state index in [9.17, 15) is 0 Å². The summed E-state index contributed by atoms with van der Waals surface area (Å²) in [5.74, 6) is 0. The van der Waals surface area contributed by atoms with Gasteiger partial charge in [0.25, 0.3) is 0 Å². The summed E-state index contributed by atoms with van der Waals surface area (Å²) >= 11 is 0. The first kappa shape index (κ1) is 10.2. The lowest BCUT2D eigenvalue weighted by atomic mass is 10.0. The highest BCUT2D eigenvalue weighted by molar-refractivity contribution is 5.92. The molecule has 0 atom stereocenters. The van der Waals surface area contributed by atoms with Gasteiger partial charge < -0.3 is 22.9 Å². The summed E-state index contributed by atoms with van der Waals surface area (Å²) < 4.78 is 0. The third kappa shape index (κ3) is 1.50. The third-order valence-corrected chi connectivity index (χ3v) is 2.57. The molecule has 2 aromatic carbocycles. The molecule has 0 saturated carbocycles. The number of hydrogen-bond acceptors (Lipinski definition) is 4. The van der Waals surface area contributed by atoms with Crippen molar-refractivity contribution in [2.45, 2.75) is 0 Å². The summed E-state index contributed by atoms with van der Waals surface area (Å²) in [5, 5.41) is 0. The smallest absolute Gasteiger partial charge is 0.0628 e. The number of benzene rings is 2. The minimum atomic E-state index is 0.528. The number of nitrogen functional groups attached to an aromatic ring is 4. The van der Waals surface area contributed by atoms with Crippen molar-refractivity contribution >= 4 is 22.7 Å². The Morgan fingerprint density at radius 2 is 0.938 bits per heavy atom. The van der Waals surface area contributed by atoms with E-state index < -0.39 is 0 Å². The molecule has 0 aliphatic carbocycles. The van der Waals surface area contributed by atoms with Crippen molar-refractivity contribution in [2.75, 3.05) is 22.9 Å². The molecule has 16 heavy (non-hydrogen) atoms. The van der Waals surface area contributed by atoms with Crippen LogP contribution in [0.4, 0.5) is 22.7 Å². The maximum atomic E-state index is 5.91. The van der Waals surface area contributed by atoms with Crippen LogP contribution in [-0.4, -0.2) is 0 Å². The van der Waals surface area contributed by atoms with Crippen LogP contribution in [0.2, 0.25) is 0 Å². The van der Waals surface area contributed by atoms with Crippen molar-refractivity contribution in [3.05, 3.63) is 36.4 Å². The lowest BCUT2D eigenvalue weighted by Gasteiger charge is -2.11. The predicted octanol–water partition coefficient (Wildman–Crippen LogP) is 1.68. The highest BCUT2D eigenvalue weighted by Gasteiger charge is 2.09. The molecule has 2 aromatic rings. The Labute approximate surface area is 93.8 Å². The zero-order valence-electron chi connectivity index (χ0n) is 8.77. The second-order valence-corrected chi connectivity index (χ2v) is 3.62. The van der Waals surface area contributed by atoms with Crippen molar-refractivity contribution in [1.29, 1.82) is 0 Å². The summed E-state index contributed by atoms with van der Waals surface area (Å²) in [6.07, 6.45) is 0. The first-order valence-electron chi connectivity index (χ1n) is 4.89. The van der Waals surface area contributed by atoms with Gasteiger partial charge in [0, 0.05) is 11.1 Å². The molecule has 0 aliphatic heterocycles. The second kappa shape index (κ2) is 3.66. The van der Waals surface area contributed by atoms with Gasteiger partial charge in [-0.25, -0.2) is 0 Å². The molecule has 4 heteroatoms. The molecule has 0 unspecified atom stereocenters. The number of para-hydroxylation sites is 2. The zero-order chi connectivity index (χ0) is 11.7. The van der Waals surface area contributed by atoms with Gasteiger partial charge in [-0.1, -0.05) is 24.3 Å². The standard InChI is InChI=1S/C12H14N4/c13-9-5-1-3-7(11(9)15)8-4-2-6-10(14)12(8)16/h1-6H,13-16H2. The average molecular weight is 214 g/mol. The molecule has 0 fully saturated rings. The molecule has 82 valence electrons. The molecule has 2 rings (SSSR count). The SMILES string of the molecule is Nc1cccc(-c2cccc(N)c2N)c1N. The molecule has 0 radical (unpaired) electrons. The molecule has 8 N–H and O–H groups in total. The highest BCUT2D eigenvalue weighted by Crippen LogP contribution is 2.35. The number of rotatable bonds is 1. The Bertz CT molecular complexity index is 485. The van der Waals surface area contributed by atoms with Gasteiger partial charge >= 0.3 is 0 Å². The highest BCUT2D eigenvalue weighted by atomic mass is 14.7. The van der Waals surface area contributed by atoms with Crippen LogP contribution in [0.5, 0.6) is 0 Å². The topological polar surface area (TPSA) is 104 Å².